The summed E-state index contributed by atoms with van der Waals surface area (Å²) >= 11 is 0. The van der Waals surface area contributed by atoms with Gasteiger partial charge in [0.05, 0.1) is 17.6 Å². The van der Waals surface area contributed by atoms with Crippen LogP contribution in [0.1, 0.15) is 5.82 Å². The summed E-state index contributed by atoms with van der Waals surface area (Å²) in [4.78, 5) is 7.53. The van der Waals surface area contributed by atoms with E-state index in [4.69, 9.17) is 4.74 Å². The summed E-state index contributed by atoms with van der Waals surface area (Å²) in [5.41, 5.74) is 2.69. The molecule has 0 saturated heterocycles. The van der Waals surface area contributed by atoms with Crippen LogP contribution in [0.2, 0.25) is 0 Å². The zero-order valence-electron chi connectivity index (χ0n) is 13.6. The van der Waals surface area contributed by atoms with Crippen LogP contribution in [0.25, 0.3) is 21.9 Å². The third-order valence-electron chi connectivity index (χ3n) is 4.25. The Hall–Kier alpha value is -2.83. The van der Waals surface area contributed by atoms with Crippen molar-refractivity contribution >= 4 is 21.9 Å². The van der Waals surface area contributed by atoms with Gasteiger partial charge in [-0.3, -0.25) is 0 Å². The quantitative estimate of drug-likeness (QED) is 0.505. The molecule has 25 heavy (non-hydrogen) atoms. The van der Waals surface area contributed by atoms with Crippen LogP contribution in [0.15, 0.2) is 54.7 Å². The van der Waals surface area contributed by atoms with Crippen molar-refractivity contribution in [3.05, 3.63) is 60.6 Å². The number of rotatable bonds is 6. The minimum atomic E-state index is -0.725. The minimum absolute atomic E-state index is 0.154. The minimum Gasteiger partial charge on any atom is -0.490 e. The summed E-state index contributed by atoms with van der Waals surface area (Å²) in [5.74, 6) is 1.27. The third-order valence-corrected chi connectivity index (χ3v) is 4.25. The zero-order valence-corrected chi connectivity index (χ0v) is 13.6. The summed E-state index contributed by atoms with van der Waals surface area (Å²) in [7, 11) is 0. The van der Waals surface area contributed by atoms with E-state index in [0.29, 0.717) is 12.4 Å². The van der Waals surface area contributed by atoms with Gasteiger partial charge in [-0.25, -0.2) is 4.98 Å². The summed E-state index contributed by atoms with van der Waals surface area (Å²) in [6.45, 7) is 0.284. The zero-order chi connectivity index (χ0) is 17.2. The van der Waals surface area contributed by atoms with Crippen molar-refractivity contribution in [1.82, 2.24) is 14.5 Å². The lowest BCUT2D eigenvalue weighted by molar-refractivity contribution is 0.0922. The fourth-order valence-corrected chi connectivity index (χ4v) is 3.08. The molecule has 0 saturated carbocycles. The highest BCUT2D eigenvalue weighted by atomic mass is 16.5. The molecule has 0 aliphatic rings. The highest BCUT2D eigenvalue weighted by Crippen LogP contribution is 2.24. The van der Waals surface area contributed by atoms with Crippen molar-refractivity contribution in [2.45, 2.75) is 19.3 Å². The van der Waals surface area contributed by atoms with Crippen molar-refractivity contribution < 1.29 is 14.9 Å². The number of para-hydroxylation sites is 2. The number of ether oxygens (including phenoxy) is 1. The van der Waals surface area contributed by atoms with Crippen LogP contribution >= 0.6 is 0 Å². The molecule has 0 aliphatic heterocycles. The molecule has 6 nitrogen and oxygen atoms in total. The fourth-order valence-electron chi connectivity index (χ4n) is 3.08. The summed E-state index contributed by atoms with van der Waals surface area (Å²) in [6.07, 6.45) is 1.14. The molecule has 3 N–H and O–H groups in total. The fraction of sp³-hybridized carbons (Fsp3) is 0.211. The Labute approximate surface area is 144 Å². The predicted octanol–water partition coefficient (Wildman–Crippen LogP) is 2.45. The summed E-state index contributed by atoms with van der Waals surface area (Å²) in [6, 6.07) is 15.3. The van der Waals surface area contributed by atoms with Gasteiger partial charge in [0, 0.05) is 17.1 Å². The molecule has 4 aromatic rings. The van der Waals surface area contributed by atoms with Gasteiger partial charge in [-0.2, -0.15) is 0 Å². The van der Waals surface area contributed by atoms with Gasteiger partial charge in [0.1, 0.15) is 30.9 Å². The van der Waals surface area contributed by atoms with E-state index in [1.54, 1.807) is 0 Å². The number of nitrogens with zero attached hydrogens (tertiary/aromatic N) is 2. The molecule has 4 rings (SSSR count). The number of aliphatic hydroxyl groups excluding tert-OH is 2. The molecule has 0 radical (unpaired) electrons. The second-order valence-corrected chi connectivity index (χ2v) is 5.95. The number of aliphatic hydroxyl groups is 2. The normalized spacial score (nSPS) is 12.7. The van der Waals surface area contributed by atoms with Crippen LogP contribution < -0.4 is 4.74 Å². The van der Waals surface area contributed by atoms with Gasteiger partial charge >= 0.3 is 0 Å². The van der Waals surface area contributed by atoms with Crippen LogP contribution in [0.5, 0.6) is 5.75 Å². The molecule has 0 fully saturated rings. The lowest BCUT2D eigenvalue weighted by Gasteiger charge is -2.15. The Morgan fingerprint density at radius 1 is 1.12 bits per heavy atom. The van der Waals surface area contributed by atoms with E-state index in [0.717, 1.165) is 27.7 Å². The van der Waals surface area contributed by atoms with Gasteiger partial charge in [0.15, 0.2) is 0 Å². The molecule has 0 spiro atoms. The van der Waals surface area contributed by atoms with E-state index in [1.807, 2.05) is 59.3 Å². The molecule has 6 heteroatoms. The number of nitrogens with one attached hydrogen (secondary N) is 1. The maximum atomic E-state index is 10.4. The number of aromatic nitrogens is 3. The first kappa shape index (κ1) is 15.7. The van der Waals surface area contributed by atoms with Gasteiger partial charge in [0.25, 0.3) is 0 Å². The van der Waals surface area contributed by atoms with Gasteiger partial charge in [-0.05, 0) is 30.3 Å². The number of hydrogen-bond acceptors (Lipinski definition) is 4. The first-order valence-corrected chi connectivity index (χ1v) is 8.18. The Balaban J connectivity index is 1.51. The third kappa shape index (κ3) is 2.97. The maximum Gasteiger partial charge on any atom is 0.135 e. The van der Waals surface area contributed by atoms with Crippen LogP contribution in [-0.4, -0.2) is 37.5 Å². The molecule has 1 unspecified atom stereocenters. The van der Waals surface area contributed by atoms with Crippen molar-refractivity contribution in [3.8, 4) is 5.75 Å². The van der Waals surface area contributed by atoms with E-state index >= 15 is 0 Å². The van der Waals surface area contributed by atoms with Crippen molar-refractivity contribution in [2.75, 3.05) is 6.61 Å². The standard InChI is InChI=1S/C19H19N3O3/c23-11-19-21-16-4-1-2-6-17(16)22(19)10-13(24)12-25-18-7-3-5-15-14(18)8-9-20-15/h1-9,13,20,23-24H,10-12H2. The smallest absolute Gasteiger partial charge is 0.135 e. The van der Waals surface area contributed by atoms with Crippen LogP contribution in [0.3, 0.4) is 0 Å². The molecule has 0 aliphatic carbocycles. The molecule has 2 aromatic heterocycles. The molecule has 0 bridgehead atoms. The second kappa shape index (κ2) is 6.58. The second-order valence-electron chi connectivity index (χ2n) is 5.95. The summed E-state index contributed by atoms with van der Waals surface area (Å²) in [5, 5.41) is 20.9. The van der Waals surface area contributed by atoms with E-state index < -0.39 is 6.10 Å². The number of H-pyrrole nitrogens is 1. The number of aromatic amines is 1. The monoisotopic (exact) mass is 337 g/mol. The molecular weight excluding hydrogens is 318 g/mol. The van der Waals surface area contributed by atoms with Gasteiger partial charge < -0.3 is 24.5 Å². The van der Waals surface area contributed by atoms with Crippen LogP contribution in [-0.2, 0) is 13.2 Å². The van der Waals surface area contributed by atoms with E-state index in [1.165, 1.54) is 0 Å². The lowest BCUT2D eigenvalue weighted by Crippen LogP contribution is -2.24. The lowest BCUT2D eigenvalue weighted by atomic mass is 10.2. The highest BCUT2D eigenvalue weighted by Gasteiger charge is 2.14. The number of hydrogen-bond donors (Lipinski definition) is 3. The largest absolute Gasteiger partial charge is 0.490 e. The Morgan fingerprint density at radius 3 is 2.88 bits per heavy atom. The average Bonchev–Trinajstić information content (AvgIpc) is 3.25. The Morgan fingerprint density at radius 2 is 2.00 bits per heavy atom. The van der Waals surface area contributed by atoms with Crippen molar-refractivity contribution in [2.24, 2.45) is 0 Å². The van der Waals surface area contributed by atoms with E-state index in [2.05, 4.69) is 9.97 Å². The maximum absolute atomic E-state index is 10.4. The SMILES string of the molecule is OCc1nc2ccccc2n1CC(O)COc1cccc2[nH]ccc12. The molecular formula is C19H19N3O3. The van der Waals surface area contributed by atoms with Crippen molar-refractivity contribution in [1.29, 1.82) is 0 Å². The van der Waals surface area contributed by atoms with Gasteiger partial charge in [-0.15, -0.1) is 0 Å². The number of imidazole rings is 1. The predicted molar refractivity (Wildman–Crippen MR) is 95.5 cm³/mol. The molecule has 1 atom stereocenters. The highest BCUT2D eigenvalue weighted by molar-refractivity contribution is 5.85. The van der Waals surface area contributed by atoms with Crippen LogP contribution in [0.4, 0.5) is 0 Å². The van der Waals surface area contributed by atoms with Crippen molar-refractivity contribution in [3.63, 3.8) is 0 Å². The van der Waals surface area contributed by atoms with Gasteiger partial charge in [-0.1, -0.05) is 18.2 Å². The van der Waals surface area contributed by atoms with E-state index in [-0.39, 0.29) is 13.2 Å². The molecule has 2 aromatic carbocycles. The first-order chi connectivity index (χ1) is 12.3. The number of benzene rings is 2. The topological polar surface area (TPSA) is 83.3 Å². The Bertz CT molecular complexity index is 1010. The summed E-state index contributed by atoms with van der Waals surface area (Å²) < 4.78 is 7.64. The first-order valence-electron chi connectivity index (χ1n) is 8.18. The average molecular weight is 337 g/mol. The molecule has 0 amide bonds. The van der Waals surface area contributed by atoms with Gasteiger partial charge in [0.2, 0.25) is 0 Å². The van der Waals surface area contributed by atoms with Crippen LogP contribution in [0, 0.1) is 0 Å². The molecule has 128 valence electrons. The molecule has 2 heterocycles. The van der Waals surface area contributed by atoms with E-state index in [9.17, 15) is 10.2 Å². The Kier molecular flexibility index (Phi) is 4.13. The number of fused-ring (bicyclic) bond motifs is 2.